The molecule has 1 aliphatic heterocycles. The number of carbonyl (C=O) groups excluding carboxylic acids is 2. The zero-order chi connectivity index (χ0) is 25.1. The molecule has 0 bridgehead atoms. The first kappa shape index (κ1) is 27.1. The van der Waals surface area contributed by atoms with Gasteiger partial charge in [-0.3, -0.25) is 14.5 Å². The second kappa shape index (κ2) is 13.5. The summed E-state index contributed by atoms with van der Waals surface area (Å²) in [5.41, 5.74) is 0.817. The predicted molar refractivity (Wildman–Crippen MR) is 128 cm³/mol. The molecule has 0 saturated carbocycles. The van der Waals surface area contributed by atoms with Crippen LogP contribution in [0.3, 0.4) is 0 Å². The third kappa shape index (κ3) is 8.31. The number of aromatic nitrogens is 2. The molecule has 0 unspecified atom stereocenters. The van der Waals surface area contributed by atoms with Gasteiger partial charge in [-0.05, 0) is 18.2 Å². The molecule has 2 aromatic rings. The van der Waals surface area contributed by atoms with Crippen LogP contribution in [0.15, 0.2) is 22.7 Å². The van der Waals surface area contributed by atoms with Crippen LogP contribution in [0.5, 0.6) is 11.5 Å². The Morgan fingerprint density at radius 3 is 2.24 bits per heavy atom. The number of benzene rings is 1. The van der Waals surface area contributed by atoms with Crippen LogP contribution < -0.4 is 9.47 Å². The molecule has 2 amide bonds. The standard InChI is InChI=1S/C20H29N5O4.C3H7NO/c1-23(2)19(26)14-25-11-9-24(10-12-25)8-7-18-21-20(22-29-18)15-5-6-16(27-3)17(13-15)28-4;1-4(2)3-5/h5-6,13H,7-12,14H2,1-4H3;3H,1-2H3. The van der Waals surface area contributed by atoms with Gasteiger partial charge in [0.15, 0.2) is 11.5 Å². The van der Waals surface area contributed by atoms with E-state index in [0.717, 1.165) is 44.7 Å². The Kier molecular flexibility index (Phi) is 10.8. The summed E-state index contributed by atoms with van der Waals surface area (Å²) >= 11 is 0. The van der Waals surface area contributed by atoms with Gasteiger partial charge < -0.3 is 28.7 Å². The summed E-state index contributed by atoms with van der Waals surface area (Å²) < 4.78 is 16.0. The summed E-state index contributed by atoms with van der Waals surface area (Å²) in [6.45, 7) is 4.97. The molecule has 11 heteroatoms. The number of piperazine rings is 1. The quantitative estimate of drug-likeness (QED) is 0.484. The first-order valence-electron chi connectivity index (χ1n) is 11.1. The molecule has 0 spiro atoms. The van der Waals surface area contributed by atoms with E-state index in [1.165, 1.54) is 4.90 Å². The van der Waals surface area contributed by atoms with Gasteiger partial charge in [-0.2, -0.15) is 4.98 Å². The lowest BCUT2D eigenvalue weighted by Gasteiger charge is -2.34. The number of hydrogen-bond acceptors (Lipinski definition) is 9. The minimum Gasteiger partial charge on any atom is -0.493 e. The smallest absolute Gasteiger partial charge is 0.236 e. The van der Waals surface area contributed by atoms with Crippen LogP contribution in [0.4, 0.5) is 0 Å². The molecule has 0 N–H and O–H groups in total. The summed E-state index contributed by atoms with van der Waals surface area (Å²) in [6.07, 6.45) is 1.44. The van der Waals surface area contributed by atoms with Crippen molar-refractivity contribution < 1.29 is 23.6 Å². The number of carbonyl (C=O) groups is 2. The number of hydrogen-bond donors (Lipinski definition) is 0. The van der Waals surface area contributed by atoms with E-state index in [-0.39, 0.29) is 5.91 Å². The molecule has 1 aromatic carbocycles. The van der Waals surface area contributed by atoms with Gasteiger partial charge in [-0.15, -0.1) is 0 Å². The Hall–Kier alpha value is -3.18. The highest BCUT2D eigenvalue weighted by Crippen LogP contribution is 2.31. The monoisotopic (exact) mass is 476 g/mol. The first-order valence-corrected chi connectivity index (χ1v) is 11.1. The molecular formula is C23H36N6O5. The number of likely N-dealkylation sites (N-methyl/N-ethyl adjacent to an activating group) is 1. The molecule has 1 aliphatic rings. The van der Waals surface area contributed by atoms with Crippen molar-refractivity contribution >= 4 is 12.3 Å². The van der Waals surface area contributed by atoms with Crippen molar-refractivity contribution in [3.05, 3.63) is 24.1 Å². The zero-order valence-corrected chi connectivity index (χ0v) is 21.0. The highest BCUT2D eigenvalue weighted by atomic mass is 16.5. The van der Waals surface area contributed by atoms with Crippen LogP contribution >= 0.6 is 0 Å². The lowest BCUT2D eigenvalue weighted by molar-refractivity contribution is -0.130. The normalized spacial score (nSPS) is 14.1. The van der Waals surface area contributed by atoms with Crippen molar-refractivity contribution in [1.82, 2.24) is 29.7 Å². The van der Waals surface area contributed by atoms with Gasteiger partial charge >= 0.3 is 0 Å². The fraction of sp³-hybridized carbons (Fsp3) is 0.565. The van der Waals surface area contributed by atoms with Crippen molar-refractivity contribution in [3.8, 4) is 22.9 Å². The number of methoxy groups -OCH3 is 2. The molecule has 2 heterocycles. The van der Waals surface area contributed by atoms with E-state index in [0.29, 0.717) is 36.2 Å². The maximum atomic E-state index is 11.8. The van der Waals surface area contributed by atoms with E-state index in [2.05, 4.69) is 19.9 Å². The summed E-state index contributed by atoms with van der Waals surface area (Å²) in [5.74, 6) is 2.58. The van der Waals surface area contributed by atoms with Crippen LogP contribution in [-0.4, -0.2) is 124 Å². The lowest BCUT2D eigenvalue weighted by Crippen LogP contribution is -2.49. The Labute approximate surface area is 201 Å². The second-order valence-corrected chi connectivity index (χ2v) is 8.31. The van der Waals surface area contributed by atoms with Crippen LogP contribution in [0.2, 0.25) is 0 Å². The Morgan fingerprint density at radius 2 is 1.68 bits per heavy atom. The van der Waals surface area contributed by atoms with Crippen molar-refractivity contribution in [1.29, 1.82) is 0 Å². The van der Waals surface area contributed by atoms with Gasteiger partial charge in [-0.1, -0.05) is 5.16 Å². The number of nitrogens with zero attached hydrogens (tertiary/aromatic N) is 6. The molecular weight excluding hydrogens is 440 g/mol. The molecule has 11 nitrogen and oxygen atoms in total. The highest BCUT2D eigenvalue weighted by molar-refractivity contribution is 5.77. The zero-order valence-electron chi connectivity index (χ0n) is 21.0. The van der Waals surface area contributed by atoms with Crippen LogP contribution in [0.1, 0.15) is 5.89 Å². The maximum Gasteiger partial charge on any atom is 0.236 e. The third-order valence-electron chi connectivity index (χ3n) is 5.29. The summed E-state index contributed by atoms with van der Waals surface area (Å²) in [7, 11) is 10.2. The molecule has 0 aliphatic carbocycles. The molecule has 1 aromatic heterocycles. The van der Waals surface area contributed by atoms with Gasteiger partial charge in [-0.25, -0.2) is 0 Å². The lowest BCUT2D eigenvalue weighted by atomic mass is 10.2. The predicted octanol–water partition coefficient (Wildman–Crippen LogP) is 0.707. The van der Waals surface area contributed by atoms with Gasteiger partial charge in [0.25, 0.3) is 0 Å². The number of rotatable bonds is 9. The van der Waals surface area contributed by atoms with Crippen LogP contribution in [0, 0.1) is 0 Å². The first-order chi connectivity index (χ1) is 16.3. The molecule has 188 valence electrons. The summed E-state index contributed by atoms with van der Waals surface area (Å²) in [6, 6.07) is 5.54. The minimum atomic E-state index is 0.145. The number of ether oxygens (including phenoxy) is 2. The topological polar surface area (TPSA) is 104 Å². The van der Waals surface area contributed by atoms with E-state index in [1.807, 2.05) is 18.2 Å². The van der Waals surface area contributed by atoms with E-state index < -0.39 is 0 Å². The third-order valence-corrected chi connectivity index (χ3v) is 5.29. The maximum absolute atomic E-state index is 11.8. The average molecular weight is 477 g/mol. The van der Waals surface area contributed by atoms with Gasteiger partial charge in [0.2, 0.25) is 24.0 Å². The molecule has 1 saturated heterocycles. The van der Waals surface area contributed by atoms with E-state index >= 15 is 0 Å². The fourth-order valence-corrected chi connectivity index (χ4v) is 3.21. The fourth-order valence-electron chi connectivity index (χ4n) is 3.21. The molecule has 0 atom stereocenters. The van der Waals surface area contributed by atoms with E-state index in [1.54, 1.807) is 47.3 Å². The van der Waals surface area contributed by atoms with Gasteiger partial charge in [0.1, 0.15) is 0 Å². The summed E-state index contributed by atoms with van der Waals surface area (Å²) in [4.78, 5) is 33.4. The van der Waals surface area contributed by atoms with Crippen molar-refractivity contribution in [2.24, 2.45) is 0 Å². The Morgan fingerprint density at radius 1 is 1.06 bits per heavy atom. The Balaban J connectivity index is 0.000000739. The van der Waals surface area contributed by atoms with Crippen molar-refractivity contribution in [2.45, 2.75) is 6.42 Å². The van der Waals surface area contributed by atoms with Crippen LogP contribution in [0.25, 0.3) is 11.4 Å². The van der Waals surface area contributed by atoms with Crippen molar-refractivity contribution in [2.75, 3.05) is 81.7 Å². The molecule has 1 fully saturated rings. The largest absolute Gasteiger partial charge is 0.493 e. The van der Waals surface area contributed by atoms with Gasteiger partial charge in [0.05, 0.1) is 20.8 Å². The molecule has 34 heavy (non-hydrogen) atoms. The van der Waals surface area contributed by atoms with Crippen LogP contribution in [-0.2, 0) is 16.0 Å². The summed E-state index contributed by atoms with van der Waals surface area (Å²) in [5, 5.41) is 4.09. The second-order valence-electron chi connectivity index (χ2n) is 8.31. The number of amides is 2. The van der Waals surface area contributed by atoms with Crippen molar-refractivity contribution in [3.63, 3.8) is 0 Å². The minimum absolute atomic E-state index is 0.145. The molecule has 3 rings (SSSR count). The van der Waals surface area contributed by atoms with E-state index in [4.69, 9.17) is 14.0 Å². The highest BCUT2D eigenvalue weighted by Gasteiger charge is 2.20. The van der Waals surface area contributed by atoms with Gasteiger partial charge in [0, 0.05) is 72.9 Å². The average Bonchev–Trinajstić information content (AvgIpc) is 3.32. The Bertz CT molecular complexity index is 909. The molecule has 0 radical (unpaired) electrons. The SMILES string of the molecule is CN(C)C=O.COc1ccc(-c2noc(CCN3CCN(CC(=O)N(C)C)CC3)n2)cc1OC. The van der Waals surface area contributed by atoms with E-state index in [9.17, 15) is 9.59 Å².